The lowest BCUT2D eigenvalue weighted by atomic mass is 9.91. The normalized spacial score (nSPS) is 40.1. The van der Waals surface area contributed by atoms with E-state index in [2.05, 4.69) is 0 Å². The lowest BCUT2D eigenvalue weighted by Gasteiger charge is -2.47. The van der Waals surface area contributed by atoms with Gasteiger partial charge >= 0.3 is 0 Å². The number of Topliss-reactive ketones (excluding diaryl/α,β-unsaturated/α-hetero) is 1. The molecule has 23 nitrogen and oxygen atoms in total. The van der Waals surface area contributed by atoms with Crippen molar-refractivity contribution in [2.24, 2.45) is 0 Å². The van der Waals surface area contributed by atoms with Gasteiger partial charge in [-0.3, -0.25) is 4.79 Å². The van der Waals surface area contributed by atoms with E-state index in [0.717, 1.165) is 24.3 Å². The Hall–Kier alpha value is -3.73. The van der Waals surface area contributed by atoms with Crippen molar-refractivity contribution in [3.05, 3.63) is 35.4 Å². The molecule has 0 amide bonds. The Morgan fingerprint density at radius 2 is 1.05 bits per heavy atom. The van der Waals surface area contributed by atoms with Crippen molar-refractivity contribution in [2.75, 3.05) is 19.8 Å². The molecule has 0 saturated carbocycles. The first-order valence-electron chi connectivity index (χ1n) is 17.0. The summed E-state index contributed by atoms with van der Waals surface area (Å²) in [6, 6.07) is 3.49. The second kappa shape index (κ2) is 16.6. The number of ketones is 1. The summed E-state index contributed by atoms with van der Waals surface area (Å²) in [6.45, 7) is -2.63. The molecular weight excluding hydrogens is 764 g/mol. The molecule has 2 aromatic rings. The van der Waals surface area contributed by atoms with E-state index in [1.54, 1.807) is 0 Å². The first-order valence-corrected chi connectivity index (χ1v) is 17.0. The van der Waals surface area contributed by atoms with Gasteiger partial charge in [0.1, 0.15) is 96.1 Å². The van der Waals surface area contributed by atoms with Crippen LogP contribution in [0, 0.1) is 0 Å². The van der Waals surface area contributed by atoms with Crippen molar-refractivity contribution in [1.82, 2.24) is 0 Å². The maximum absolute atomic E-state index is 14.1. The number of rotatable bonds is 10. The third-order valence-electron chi connectivity index (χ3n) is 9.83. The van der Waals surface area contributed by atoms with Gasteiger partial charge in [-0.05, 0) is 12.1 Å². The van der Waals surface area contributed by atoms with Gasteiger partial charge in [0.05, 0.1) is 19.8 Å². The largest absolute Gasteiger partial charge is 0.508 e. The van der Waals surface area contributed by atoms with E-state index in [9.17, 15) is 81.4 Å². The number of aliphatic hydroxyl groups is 11. The van der Waals surface area contributed by atoms with Crippen molar-refractivity contribution in [1.29, 1.82) is 0 Å². The fraction of sp³-hybridized carbons (Fsp3) is 0.606. The van der Waals surface area contributed by atoms with E-state index in [-0.39, 0.29) is 5.56 Å². The van der Waals surface area contributed by atoms with Crippen molar-refractivity contribution in [3.63, 3.8) is 0 Å². The fourth-order valence-corrected chi connectivity index (χ4v) is 6.76. The van der Waals surface area contributed by atoms with E-state index in [1.807, 2.05) is 0 Å². The minimum absolute atomic E-state index is 0.297. The Morgan fingerprint density at radius 3 is 1.61 bits per heavy atom. The number of aliphatic hydroxyl groups excluding tert-OH is 11. The summed E-state index contributed by atoms with van der Waals surface area (Å²) >= 11 is 0. The van der Waals surface area contributed by atoms with E-state index in [0.29, 0.717) is 0 Å². The molecule has 15 N–H and O–H groups in total. The molecule has 3 saturated heterocycles. The molecule has 312 valence electrons. The molecule has 2 unspecified atom stereocenters. The third kappa shape index (κ3) is 7.65. The SMILES string of the molecule is O=C1c2c(O)cc(O)cc2OC(c2cc(O)c(O[C@@H]3O[C@H](CO)[C@@H](O)[C@H](O)[C@H]3O)c(O)c2)C1O[C@@H]1O[C@H](CO)[C@@H](O)[C@H](O)[C@H]1O[C@@H]1O[C@H](CO)[C@@H](O)[C@H](O)[C@H]1O. The monoisotopic (exact) mass is 806 g/mol. The number of carbonyl (C=O) groups excluding carboxylic acids is 1. The lowest BCUT2D eigenvalue weighted by molar-refractivity contribution is -0.371. The number of benzene rings is 2. The highest BCUT2D eigenvalue weighted by Crippen LogP contribution is 2.47. The molecule has 3 fully saturated rings. The molecule has 6 rings (SSSR count). The summed E-state index contributed by atoms with van der Waals surface area (Å²) in [5.41, 5.74) is -0.851. The molecule has 0 bridgehead atoms. The second-order valence-corrected chi connectivity index (χ2v) is 13.5. The van der Waals surface area contributed by atoms with E-state index < -0.39 is 170 Å². The van der Waals surface area contributed by atoms with Crippen LogP contribution in [0.5, 0.6) is 34.5 Å². The number of aromatic hydroxyl groups is 4. The van der Waals surface area contributed by atoms with Crippen molar-refractivity contribution < 1.29 is 115 Å². The van der Waals surface area contributed by atoms with Crippen molar-refractivity contribution >= 4 is 5.78 Å². The molecule has 0 aliphatic carbocycles. The van der Waals surface area contributed by atoms with Crippen LogP contribution in [-0.4, -0.2) is 200 Å². The minimum Gasteiger partial charge on any atom is -0.508 e. The van der Waals surface area contributed by atoms with Crippen LogP contribution in [0.2, 0.25) is 0 Å². The highest BCUT2D eigenvalue weighted by molar-refractivity contribution is 6.05. The smallest absolute Gasteiger partial charge is 0.229 e. The number of hydrogen-bond acceptors (Lipinski definition) is 23. The fourth-order valence-electron chi connectivity index (χ4n) is 6.76. The molecule has 0 aromatic heterocycles. The molecule has 4 aliphatic rings. The van der Waals surface area contributed by atoms with Gasteiger partial charge in [0.2, 0.25) is 17.8 Å². The molecule has 0 radical (unpaired) electrons. The van der Waals surface area contributed by atoms with Gasteiger partial charge in [-0.25, -0.2) is 0 Å². The van der Waals surface area contributed by atoms with Crippen LogP contribution in [0.4, 0.5) is 0 Å². The van der Waals surface area contributed by atoms with Crippen LogP contribution in [0.25, 0.3) is 0 Å². The second-order valence-electron chi connectivity index (χ2n) is 13.5. The zero-order valence-electron chi connectivity index (χ0n) is 28.7. The van der Waals surface area contributed by atoms with E-state index >= 15 is 0 Å². The first-order chi connectivity index (χ1) is 26.5. The standard InChI is InChI=1S/C33H42O23/c34-5-14-18(41)22(45)25(48)31(51-14)54-28-11(39)1-8(2-12(28)40)27-29(21(44)17-10(38)3-9(37)4-13(17)50-27)55-33-30(24(47)20(43)16(7-36)53-33)56-32-26(49)23(46)19(42)15(6-35)52-32/h1-4,14-16,18-20,22-27,29-43,45-49H,5-7H2/t14-,15-,16-,18-,19-,20-,22+,23+,24+,25-,26-,27?,29?,30-,31+,32+,33+/m1/s1. The average Bonchev–Trinajstić information content (AvgIpc) is 3.16. The number of fused-ring (bicyclic) bond motifs is 1. The van der Waals surface area contributed by atoms with Crippen LogP contribution in [0.3, 0.4) is 0 Å². The van der Waals surface area contributed by atoms with Crippen LogP contribution >= 0.6 is 0 Å². The zero-order valence-corrected chi connectivity index (χ0v) is 28.7. The van der Waals surface area contributed by atoms with Crippen molar-refractivity contribution in [2.45, 2.75) is 104 Å². The van der Waals surface area contributed by atoms with Gasteiger partial charge in [-0.15, -0.1) is 0 Å². The number of phenolic OH excluding ortho intramolecular Hbond substituents is 4. The quantitative estimate of drug-likeness (QED) is 0.106. The maximum Gasteiger partial charge on any atom is 0.229 e. The number of carbonyl (C=O) groups is 1. The number of ether oxygens (including phenoxy) is 7. The van der Waals surface area contributed by atoms with Crippen LogP contribution in [0.15, 0.2) is 24.3 Å². The number of hydrogen-bond donors (Lipinski definition) is 15. The third-order valence-corrected chi connectivity index (χ3v) is 9.83. The van der Waals surface area contributed by atoms with Gasteiger partial charge in [0.15, 0.2) is 36.3 Å². The summed E-state index contributed by atoms with van der Waals surface area (Å²) in [6.07, 6.45) is -31.6. The van der Waals surface area contributed by atoms with E-state index in [1.165, 1.54) is 0 Å². The molecular formula is C33H42O23. The molecule has 23 heteroatoms. The van der Waals surface area contributed by atoms with E-state index in [4.69, 9.17) is 33.2 Å². The Balaban J connectivity index is 1.36. The van der Waals surface area contributed by atoms with Crippen LogP contribution in [0.1, 0.15) is 22.0 Å². The zero-order chi connectivity index (χ0) is 40.9. The predicted molar refractivity (Wildman–Crippen MR) is 173 cm³/mol. The highest BCUT2D eigenvalue weighted by atomic mass is 16.8. The molecule has 4 aliphatic heterocycles. The Labute approximate surface area is 314 Å². The molecule has 0 spiro atoms. The first kappa shape index (κ1) is 41.9. The van der Waals surface area contributed by atoms with Crippen LogP contribution < -0.4 is 9.47 Å². The maximum atomic E-state index is 14.1. The Morgan fingerprint density at radius 1 is 0.554 bits per heavy atom. The lowest BCUT2D eigenvalue weighted by Crippen LogP contribution is -2.65. The van der Waals surface area contributed by atoms with Crippen LogP contribution in [-0.2, 0) is 23.7 Å². The minimum atomic E-state index is -2.07. The summed E-state index contributed by atoms with van der Waals surface area (Å²) < 4.78 is 39.3. The predicted octanol–water partition coefficient (Wildman–Crippen LogP) is -5.99. The summed E-state index contributed by atoms with van der Waals surface area (Å²) in [5.74, 6) is -5.48. The van der Waals surface area contributed by atoms with Gasteiger partial charge < -0.3 is 110 Å². The summed E-state index contributed by atoms with van der Waals surface area (Å²) in [4.78, 5) is 14.1. The van der Waals surface area contributed by atoms with Gasteiger partial charge in [0, 0.05) is 17.7 Å². The molecule has 2 aromatic carbocycles. The topological polar surface area (TPSA) is 385 Å². The summed E-state index contributed by atoms with van der Waals surface area (Å²) in [5, 5.41) is 155. The van der Waals surface area contributed by atoms with Gasteiger partial charge in [-0.1, -0.05) is 0 Å². The summed E-state index contributed by atoms with van der Waals surface area (Å²) in [7, 11) is 0. The average molecular weight is 807 g/mol. The van der Waals surface area contributed by atoms with Gasteiger partial charge in [-0.2, -0.15) is 0 Å². The molecule has 4 heterocycles. The Kier molecular flexibility index (Phi) is 12.4. The van der Waals surface area contributed by atoms with Gasteiger partial charge in [0.25, 0.3) is 0 Å². The Bertz CT molecular complexity index is 1680. The number of phenols is 4. The molecule has 17 atom stereocenters. The molecule has 56 heavy (non-hydrogen) atoms. The highest BCUT2D eigenvalue weighted by Gasteiger charge is 2.54. The van der Waals surface area contributed by atoms with Crippen molar-refractivity contribution in [3.8, 4) is 34.5 Å².